The second-order valence-electron chi connectivity index (χ2n) is 7.13. The fourth-order valence-corrected chi connectivity index (χ4v) is 2.84. The van der Waals surface area contributed by atoms with Crippen LogP contribution >= 0.6 is 0 Å². The van der Waals surface area contributed by atoms with E-state index in [4.69, 9.17) is 25.8 Å². The molecule has 0 bridgehead atoms. The largest absolute Gasteiger partial charge is 0.508 e. The van der Waals surface area contributed by atoms with Crippen LogP contribution in [0.4, 0.5) is 0 Å². The fraction of sp³-hybridized carbons (Fsp3) is 0.348. The number of carbonyl (C=O) groups excluding carboxylic acids is 1. The molecule has 0 aromatic heterocycles. The molecule has 0 radical (unpaired) electrons. The zero-order valence-corrected chi connectivity index (χ0v) is 18.4. The first-order valence-corrected chi connectivity index (χ1v) is 10.2. The van der Waals surface area contributed by atoms with Crippen LogP contribution in [0.15, 0.2) is 36.4 Å². The maximum atomic E-state index is 12.2. The summed E-state index contributed by atoms with van der Waals surface area (Å²) < 4.78 is 5.65. The van der Waals surface area contributed by atoms with Crippen LogP contribution < -0.4 is 15.8 Å². The number of aromatic hydroxyl groups is 2. The van der Waals surface area contributed by atoms with Crippen LogP contribution in [0.3, 0.4) is 0 Å². The number of rotatable bonds is 10. The van der Waals surface area contributed by atoms with Gasteiger partial charge in [0.25, 0.3) is 11.9 Å². The lowest BCUT2D eigenvalue weighted by molar-refractivity contribution is -0.134. The maximum Gasteiger partial charge on any atom is 0.300 e. The number of carbonyl (C=O) groups is 2. The van der Waals surface area contributed by atoms with E-state index in [2.05, 4.69) is 5.32 Å². The van der Waals surface area contributed by atoms with Crippen molar-refractivity contribution in [3.8, 4) is 17.2 Å². The van der Waals surface area contributed by atoms with Gasteiger partial charge in [0.1, 0.15) is 23.1 Å². The minimum absolute atomic E-state index is 0.0365. The van der Waals surface area contributed by atoms with Crippen molar-refractivity contribution < 1.29 is 29.6 Å². The number of carboxylic acid groups (broad SMARTS) is 1. The molecule has 174 valence electrons. The Morgan fingerprint density at radius 3 is 2.22 bits per heavy atom. The van der Waals surface area contributed by atoms with Crippen LogP contribution in [0.1, 0.15) is 54.1 Å². The monoisotopic (exact) mass is 445 g/mol. The molecule has 0 fully saturated rings. The normalized spacial score (nSPS) is 9.94. The minimum Gasteiger partial charge on any atom is -0.508 e. The van der Waals surface area contributed by atoms with Gasteiger partial charge in [0.15, 0.2) is 0 Å². The van der Waals surface area contributed by atoms with Crippen LogP contribution in [0.25, 0.3) is 0 Å². The average Bonchev–Trinajstić information content (AvgIpc) is 2.69. The number of nitrogen functional groups attached to an aromatic ring is 1. The third kappa shape index (κ3) is 9.84. The molecule has 0 aliphatic heterocycles. The van der Waals surface area contributed by atoms with Gasteiger partial charge in [-0.25, -0.2) is 0 Å². The molecule has 0 saturated carbocycles. The lowest BCUT2D eigenvalue weighted by Gasteiger charge is -2.10. The molecule has 0 aliphatic carbocycles. The molecule has 0 aliphatic rings. The molecule has 0 unspecified atom stereocenters. The number of hydrogen-bond acceptors (Lipinski definition) is 6. The van der Waals surface area contributed by atoms with E-state index in [1.807, 2.05) is 0 Å². The van der Waals surface area contributed by atoms with Gasteiger partial charge >= 0.3 is 0 Å². The smallest absolute Gasteiger partial charge is 0.300 e. The van der Waals surface area contributed by atoms with Crippen molar-refractivity contribution in [1.82, 2.24) is 5.32 Å². The standard InChI is InChI=1S/C21H27N3O4.C2H4O2/c1-14-12-16(25)13-18(26)19(14)21(27)24-10-4-2-3-5-11-28-17-8-6-15(7-9-17)20(22)23;1-2(3)4/h6-9,12-13,25-26H,2-5,10-11H2,1H3,(H3,22,23)(H,24,27);1H3,(H,3,4). The summed E-state index contributed by atoms with van der Waals surface area (Å²) in [5, 5.41) is 36.8. The van der Waals surface area contributed by atoms with E-state index in [-0.39, 0.29) is 28.8 Å². The number of aryl methyl sites for hydroxylation is 1. The van der Waals surface area contributed by atoms with Crippen molar-refractivity contribution in [2.75, 3.05) is 13.2 Å². The Kier molecular flexibility index (Phi) is 11.1. The van der Waals surface area contributed by atoms with E-state index in [0.29, 0.717) is 24.3 Å². The Labute approximate surface area is 187 Å². The van der Waals surface area contributed by atoms with E-state index < -0.39 is 5.97 Å². The summed E-state index contributed by atoms with van der Waals surface area (Å²) in [7, 11) is 0. The Hall–Kier alpha value is -3.75. The average molecular weight is 446 g/mol. The number of nitrogens with two attached hydrogens (primary N) is 1. The zero-order valence-electron chi connectivity index (χ0n) is 18.4. The quantitative estimate of drug-likeness (QED) is 0.186. The Balaban J connectivity index is 0.00000118. The lowest BCUT2D eigenvalue weighted by Crippen LogP contribution is -2.25. The molecular weight excluding hydrogens is 414 g/mol. The summed E-state index contributed by atoms with van der Waals surface area (Å²) in [6.07, 6.45) is 3.66. The Morgan fingerprint density at radius 1 is 1.06 bits per heavy atom. The molecule has 7 N–H and O–H groups in total. The molecule has 1 amide bonds. The van der Waals surface area contributed by atoms with Gasteiger partial charge < -0.3 is 31.1 Å². The molecule has 32 heavy (non-hydrogen) atoms. The molecule has 2 rings (SSSR count). The van der Waals surface area contributed by atoms with Crippen molar-refractivity contribution in [3.63, 3.8) is 0 Å². The maximum absolute atomic E-state index is 12.2. The summed E-state index contributed by atoms with van der Waals surface area (Å²) in [5.41, 5.74) is 6.81. The van der Waals surface area contributed by atoms with Crippen LogP contribution in [0.2, 0.25) is 0 Å². The summed E-state index contributed by atoms with van der Waals surface area (Å²) in [4.78, 5) is 21.2. The van der Waals surface area contributed by atoms with E-state index >= 15 is 0 Å². The number of benzene rings is 2. The molecule has 2 aromatic rings. The second-order valence-corrected chi connectivity index (χ2v) is 7.13. The predicted octanol–water partition coefficient (Wildman–Crippen LogP) is 3.15. The van der Waals surface area contributed by atoms with Gasteiger partial charge in [-0.05, 0) is 55.7 Å². The van der Waals surface area contributed by atoms with Gasteiger partial charge in [0.2, 0.25) is 0 Å². The van der Waals surface area contributed by atoms with Gasteiger partial charge in [-0.1, -0.05) is 12.8 Å². The van der Waals surface area contributed by atoms with Gasteiger partial charge in [0, 0.05) is 25.1 Å². The van der Waals surface area contributed by atoms with Crippen molar-refractivity contribution >= 4 is 17.7 Å². The van der Waals surface area contributed by atoms with Crippen molar-refractivity contribution in [3.05, 3.63) is 53.1 Å². The summed E-state index contributed by atoms with van der Waals surface area (Å²) in [5.74, 6) is -0.671. The summed E-state index contributed by atoms with van der Waals surface area (Å²) in [6, 6.07) is 9.72. The molecule has 2 aromatic carbocycles. The highest BCUT2D eigenvalue weighted by molar-refractivity contribution is 5.98. The number of ether oxygens (including phenoxy) is 1. The number of carboxylic acids is 1. The van der Waals surface area contributed by atoms with E-state index in [1.165, 1.54) is 6.07 Å². The summed E-state index contributed by atoms with van der Waals surface area (Å²) in [6.45, 7) is 3.88. The predicted molar refractivity (Wildman–Crippen MR) is 122 cm³/mol. The lowest BCUT2D eigenvalue weighted by atomic mass is 10.1. The number of amidine groups is 1. The molecule has 0 heterocycles. The first kappa shape index (κ1) is 26.3. The molecule has 9 nitrogen and oxygen atoms in total. The first-order chi connectivity index (χ1) is 15.1. The highest BCUT2D eigenvalue weighted by Crippen LogP contribution is 2.26. The van der Waals surface area contributed by atoms with Gasteiger partial charge in [-0.2, -0.15) is 0 Å². The molecule has 0 spiro atoms. The Bertz CT molecular complexity index is 885. The topological polar surface area (TPSA) is 166 Å². The van der Waals surface area contributed by atoms with Crippen LogP contribution in [0, 0.1) is 12.3 Å². The van der Waals surface area contributed by atoms with Crippen molar-refractivity contribution in [2.45, 2.75) is 39.5 Å². The van der Waals surface area contributed by atoms with Gasteiger partial charge in [0.05, 0.1) is 12.2 Å². The van der Waals surface area contributed by atoms with Crippen LogP contribution in [-0.2, 0) is 4.79 Å². The van der Waals surface area contributed by atoms with Crippen LogP contribution in [0.5, 0.6) is 17.2 Å². The van der Waals surface area contributed by atoms with Gasteiger partial charge in [-0.3, -0.25) is 15.0 Å². The number of aliphatic carboxylic acids is 1. The third-order valence-electron chi connectivity index (χ3n) is 4.32. The van der Waals surface area contributed by atoms with E-state index in [0.717, 1.165) is 44.4 Å². The van der Waals surface area contributed by atoms with Crippen molar-refractivity contribution in [1.29, 1.82) is 5.41 Å². The third-order valence-corrected chi connectivity index (χ3v) is 4.32. The Morgan fingerprint density at radius 2 is 1.66 bits per heavy atom. The number of amides is 1. The van der Waals surface area contributed by atoms with E-state index in [9.17, 15) is 15.0 Å². The first-order valence-electron chi connectivity index (χ1n) is 10.2. The number of hydrogen-bond donors (Lipinski definition) is 6. The number of phenols is 2. The highest BCUT2D eigenvalue weighted by atomic mass is 16.5. The number of phenolic OH excluding ortho intramolecular Hbond substituents is 2. The number of nitrogens with one attached hydrogen (secondary N) is 2. The molecular formula is C23H31N3O6. The molecule has 0 atom stereocenters. The second kappa shape index (κ2) is 13.5. The fourth-order valence-electron chi connectivity index (χ4n) is 2.84. The summed E-state index contributed by atoms with van der Waals surface area (Å²) >= 11 is 0. The SMILES string of the molecule is CC(=O)O.Cc1cc(O)cc(O)c1C(=O)NCCCCCCOc1ccc(C(=N)N)cc1. The number of unbranched alkanes of at least 4 members (excludes halogenated alkanes) is 3. The zero-order chi connectivity index (χ0) is 24.1. The van der Waals surface area contributed by atoms with Crippen molar-refractivity contribution in [2.24, 2.45) is 5.73 Å². The van der Waals surface area contributed by atoms with Crippen LogP contribution in [-0.4, -0.2) is 46.2 Å². The molecule has 9 heteroatoms. The molecule has 0 saturated heterocycles. The van der Waals surface area contributed by atoms with E-state index in [1.54, 1.807) is 31.2 Å². The van der Waals surface area contributed by atoms with Gasteiger partial charge in [-0.15, -0.1) is 0 Å². The minimum atomic E-state index is -0.833. The highest BCUT2D eigenvalue weighted by Gasteiger charge is 2.14.